The molecular formula is C37H62O5. The number of esters is 2. The van der Waals surface area contributed by atoms with Crippen LogP contribution in [0.3, 0.4) is 0 Å². The quantitative estimate of drug-likeness (QED) is 0.213. The highest BCUT2D eigenvalue weighted by Gasteiger charge is 2.58. The lowest BCUT2D eigenvalue weighted by atomic mass is 9.48. The smallest absolute Gasteiger partial charge is 0.306 e. The first kappa shape index (κ1) is 33.5. The Hall–Kier alpha value is -1.39. The zero-order valence-electron chi connectivity index (χ0n) is 27.6. The van der Waals surface area contributed by atoms with Gasteiger partial charge in [-0.25, -0.2) is 0 Å². The number of Topliss-reactive ketones (excluding diaryl/α,β-unsaturated/α-hetero) is 1. The molecule has 0 amide bonds. The van der Waals surface area contributed by atoms with Crippen molar-refractivity contribution in [2.75, 3.05) is 0 Å². The number of carbonyl (C=O) groups is 3. The Bertz CT molecular complexity index is 801. The van der Waals surface area contributed by atoms with Crippen LogP contribution >= 0.6 is 0 Å². The number of hydrogen-bond acceptors (Lipinski definition) is 5. The zero-order chi connectivity index (χ0) is 30.2. The van der Waals surface area contributed by atoms with Gasteiger partial charge in [0.25, 0.3) is 0 Å². The van der Waals surface area contributed by atoms with Crippen molar-refractivity contribution in [1.82, 2.24) is 0 Å². The van der Waals surface area contributed by atoms with Gasteiger partial charge in [-0.1, -0.05) is 66.2 Å². The van der Waals surface area contributed by atoms with E-state index < -0.39 is 0 Å². The molecule has 42 heavy (non-hydrogen) atoms. The maximum atomic E-state index is 15.6. The van der Waals surface area contributed by atoms with E-state index in [1.165, 1.54) is 64.2 Å². The van der Waals surface area contributed by atoms with Crippen LogP contribution in [-0.2, 0) is 23.9 Å². The van der Waals surface area contributed by atoms with E-state index in [0.29, 0.717) is 42.3 Å². The van der Waals surface area contributed by atoms with Gasteiger partial charge in [0, 0.05) is 23.7 Å². The average molecular weight is 587 g/mol. The summed E-state index contributed by atoms with van der Waals surface area (Å²) in [4.78, 5) is 40.1. The summed E-state index contributed by atoms with van der Waals surface area (Å²) in [5.41, 5.74) is -0.648. The lowest BCUT2D eigenvalue weighted by Gasteiger charge is -2.55. The Kier molecular flexibility index (Phi) is 12.4. The summed E-state index contributed by atoms with van der Waals surface area (Å²) >= 11 is 0. The summed E-state index contributed by atoms with van der Waals surface area (Å²) in [6.45, 7) is 8.82. The third kappa shape index (κ3) is 7.63. The van der Waals surface area contributed by atoms with Crippen LogP contribution in [0.4, 0.5) is 0 Å². The van der Waals surface area contributed by atoms with Crippen LogP contribution in [0, 0.1) is 34.5 Å². The summed E-state index contributed by atoms with van der Waals surface area (Å²) < 4.78 is 11.7. The molecule has 0 bridgehead atoms. The molecule has 0 aromatic carbocycles. The maximum absolute atomic E-state index is 15.6. The third-order valence-corrected chi connectivity index (χ3v) is 12.4. The van der Waals surface area contributed by atoms with E-state index >= 15 is 4.79 Å². The Morgan fingerprint density at radius 1 is 0.500 bits per heavy atom. The summed E-state index contributed by atoms with van der Waals surface area (Å²) in [6, 6.07) is 0. The molecule has 0 aromatic rings. The standard InChI is InChI=1S/C37H62O5/c1-5-13-33(38)41-31-23-19-29(20-24-31)36(3,27-15-9-7-10-16-27)35(40)37(4,28-17-11-8-12-18-28)30-21-25-32(26-22-30)42-34(39)14-6-2/h27-32H,5-26H2,1-4H3/t29-,30-,31-,32-,36?,37?. The Morgan fingerprint density at radius 3 is 1.12 bits per heavy atom. The number of hydrogen-bond donors (Lipinski definition) is 0. The van der Waals surface area contributed by atoms with Crippen molar-refractivity contribution in [3.8, 4) is 0 Å². The number of ketones is 1. The number of ether oxygens (including phenoxy) is 2. The Morgan fingerprint density at radius 2 is 0.810 bits per heavy atom. The molecule has 0 aromatic heterocycles. The number of rotatable bonds is 12. The topological polar surface area (TPSA) is 69.7 Å². The molecule has 0 N–H and O–H groups in total. The Balaban J connectivity index is 1.57. The van der Waals surface area contributed by atoms with Gasteiger partial charge in [-0.2, -0.15) is 0 Å². The molecule has 240 valence electrons. The molecule has 0 radical (unpaired) electrons. The lowest BCUT2D eigenvalue weighted by Crippen LogP contribution is -2.56. The lowest BCUT2D eigenvalue weighted by molar-refractivity contribution is -0.163. The van der Waals surface area contributed by atoms with Crippen LogP contribution < -0.4 is 0 Å². The molecule has 2 unspecified atom stereocenters. The van der Waals surface area contributed by atoms with Crippen molar-refractivity contribution < 1.29 is 23.9 Å². The van der Waals surface area contributed by atoms with Gasteiger partial charge in [-0.15, -0.1) is 0 Å². The van der Waals surface area contributed by atoms with Crippen molar-refractivity contribution in [2.45, 2.75) is 181 Å². The SMILES string of the molecule is CCCC(=O)O[C@H]1CC[C@H](C(C)(C(=O)C(C)(C2CCCCC2)[C@H]2CC[C@H](OC(=O)CCC)CC2)C2CCCCC2)CC1. The van der Waals surface area contributed by atoms with Crippen molar-refractivity contribution in [2.24, 2.45) is 34.5 Å². The van der Waals surface area contributed by atoms with E-state index in [1.54, 1.807) is 0 Å². The van der Waals surface area contributed by atoms with Crippen molar-refractivity contribution in [3.63, 3.8) is 0 Å². The van der Waals surface area contributed by atoms with Crippen molar-refractivity contribution in [1.29, 1.82) is 0 Å². The van der Waals surface area contributed by atoms with E-state index in [0.717, 1.165) is 64.2 Å². The van der Waals surface area contributed by atoms with Gasteiger partial charge in [0.05, 0.1) is 0 Å². The van der Waals surface area contributed by atoms with E-state index in [2.05, 4.69) is 13.8 Å². The molecule has 4 rings (SSSR count). The molecule has 4 fully saturated rings. The van der Waals surface area contributed by atoms with Crippen molar-refractivity contribution in [3.05, 3.63) is 0 Å². The van der Waals surface area contributed by atoms with Crippen LogP contribution in [-0.4, -0.2) is 29.9 Å². The second-order valence-electron chi connectivity index (χ2n) is 15.0. The fraction of sp³-hybridized carbons (Fsp3) is 0.919. The molecule has 5 heteroatoms. The van der Waals surface area contributed by atoms with Gasteiger partial charge in [-0.05, 0) is 114 Å². The van der Waals surface area contributed by atoms with Crippen LogP contribution in [0.2, 0.25) is 0 Å². The molecule has 0 aliphatic heterocycles. The molecule has 0 spiro atoms. The molecule has 0 saturated heterocycles. The van der Waals surface area contributed by atoms with Gasteiger partial charge in [-0.3, -0.25) is 14.4 Å². The van der Waals surface area contributed by atoms with E-state index in [1.807, 2.05) is 13.8 Å². The second-order valence-corrected chi connectivity index (χ2v) is 15.0. The van der Waals surface area contributed by atoms with E-state index in [-0.39, 0.29) is 35.0 Å². The highest BCUT2D eigenvalue weighted by atomic mass is 16.5. The first-order valence-electron chi connectivity index (χ1n) is 18.2. The minimum Gasteiger partial charge on any atom is -0.462 e. The van der Waals surface area contributed by atoms with E-state index in [9.17, 15) is 9.59 Å². The van der Waals surface area contributed by atoms with Crippen LogP contribution in [0.5, 0.6) is 0 Å². The third-order valence-electron chi connectivity index (χ3n) is 12.4. The Labute approximate surface area is 257 Å². The van der Waals surface area contributed by atoms with Gasteiger partial charge in [0.1, 0.15) is 18.0 Å². The van der Waals surface area contributed by atoms with Gasteiger partial charge in [0.15, 0.2) is 0 Å². The van der Waals surface area contributed by atoms with Gasteiger partial charge < -0.3 is 9.47 Å². The minimum absolute atomic E-state index is 0.0152. The fourth-order valence-electron chi connectivity index (χ4n) is 9.85. The maximum Gasteiger partial charge on any atom is 0.306 e. The second kappa shape index (κ2) is 15.6. The predicted octanol–water partition coefficient (Wildman–Crippen LogP) is 9.53. The largest absolute Gasteiger partial charge is 0.462 e. The minimum atomic E-state index is -0.324. The van der Waals surface area contributed by atoms with Gasteiger partial charge >= 0.3 is 11.9 Å². The predicted molar refractivity (Wildman–Crippen MR) is 168 cm³/mol. The van der Waals surface area contributed by atoms with Crippen LogP contribution in [0.1, 0.15) is 169 Å². The molecule has 0 heterocycles. The molecule has 2 atom stereocenters. The van der Waals surface area contributed by atoms with E-state index in [4.69, 9.17) is 9.47 Å². The van der Waals surface area contributed by atoms with Crippen molar-refractivity contribution >= 4 is 17.7 Å². The monoisotopic (exact) mass is 586 g/mol. The highest BCUT2D eigenvalue weighted by molar-refractivity contribution is 5.91. The highest BCUT2D eigenvalue weighted by Crippen LogP contribution is 2.58. The first-order chi connectivity index (χ1) is 20.2. The summed E-state index contributed by atoms with van der Waals surface area (Å²) in [5.74, 6) is 2.09. The zero-order valence-corrected chi connectivity index (χ0v) is 27.6. The normalized spacial score (nSPS) is 31.0. The summed E-state index contributed by atoms with van der Waals surface area (Å²) in [5, 5.41) is 0. The summed E-state index contributed by atoms with van der Waals surface area (Å²) in [7, 11) is 0. The molecule has 4 aliphatic rings. The average Bonchev–Trinajstić information content (AvgIpc) is 3.01. The number of carbonyl (C=O) groups excluding carboxylic acids is 3. The first-order valence-corrected chi connectivity index (χ1v) is 18.2. The molecular weight excluding hydrogens is 524 g/mol. The molecule has 5 nitrogen and oxygen atoms in total. The van der Waals surface area contributed by atoms with Gasteiger partial charge in [0.2, 0.25) is 0 Å². The summed E-state index contributed by atoms with van der Waals surface area (Å²) in [6.07, 6.45) is 22.5. The molecule has 4 aliphatic carbocycles. The van der Waals surface area contributed by atoms with Crippen LogP contribution in [0.15, 0.2) is 0 Å². The van der Waals surface area contributed by atoms with Crippen LogP contribution in [0.25, 0.3) is 0 Å². The fourth-order valence-corrected chi connectivity index (χ4v) is 9.85. The molecule has 4 saturated carbocycles.